The fourth-order valence-electron chi connectivity index (χ4n) is 5.46. The Bertz CT molecular complexity index is 1220. The predicted molar refractivity (Wildman–Crippen MR) is 129 cm³/mol. The van der Waals surface area contributed by atoms with Gasteiger partial charge in [-0.2, -0.15) is 4.31 Å². The normalized spacial score (nSPS) is 24.3. The summed E-state index contributed by atoms with van der Waals surface area (Å²) < 4.78 is 33.2. The summed E-state index contributed by atoms with van der Waals surface area (Å²) in [5.41, 5.74) is 0.412. The second-order valence-electron chi connectivity index (χ2n) is 9.80. The van der Waals surface area contributed by atoms with E-state index in [1.54, 1.807) is 12.1 Å². The Morgan fingerprint density at radius 2 is 1.71 bits per heavy atom. The van der Waals surface area contributed by atoms with Crippen LogP contribution in [0.1, 0.15) is 62.2 Å². The number of morpholine rings is 1. The number of nitrogens with one attached hydrogen (secondary N) is 1. The molecule has 2 aromatic rings. The highest BCUT2D eigenvalue weighted by molar-refractivity contribution is 7.89. The zero-order valence-corrected chi connectivity index (χ0v) is 20.5. The largest absolute Gasteiger partial charge is 0.379 e. The second-order valence-corrected chi connectivity index (χ2v) is 11.7. The third-order valence-corrected chi connectivity index (χ3v) is 9.51. The number of aromatic amines is 1. The summed E-state index contributed by atoms with van der Waals surface area (Å²) >= 11 is 0. The van der Waals surface area contributed by atoms with Gasteiger partial charge in [0.1, 0.15) is 0 Å². The maximum Gasteiger partial charge on any atom is 0.255 e. The van der Waals surface area contributed by atoms with Gasteiger partial charge in [-0.3, -0.25) is 9.59 Å². The molecule has 1 N–H and O–H groups in total. The van der Waals surface area contributed by atoms with Gasteiger partial charge in [0.2, 0.25) is 15.6 Å². The van der Waals surface area contributed by atoms with Crippen LogP contribution in [-0.2, 0) is 14.8 Å². The number of aromatic nitrogens is 1. The Kier molecular flexibility index (Phi) is 6.52. The van der Waals surface area contributed by atoms with Crippen LogP contribution < -0.4 is 5.56 Å². The standard InChI is InChI=1S/C25H33N3O5S/c1-2-17-3-5-18(6-4-17)28(19-7-8-19)25(30)22-16-24(29)26-23-10-9-20(15-21(22)23)34(31,32)27-11-13-33-14-12-27/h9-10,15-19H,2-8,11-14H2,1H3,(H,26,29). The quantitative estimate of drug-likeness (QED) is 0.675. The van der Waals surface area contributed by atoms with Crippen LogP contribution in [0.4, 0.5) is 0 Å². The molecule has 184 valence electrons. The number of carbonyl (C=O) groups is 1. The lowest BCUT2D eigenvalue weighted by molar-refractivity contribution is 0.0589. The van der Waals surface area contributed by atoms with E-state index in [9.17, 15) is 18.0 Å². The summed E-state index contributed by atoms with van der Waals surface area (Å²) in [7, 11) is -3.72. The van der Waals surface area contributed by atoms with Gasteiger partial charge in [-0.1, -0.05) is 13.3 Å². The minimum absolute atomic E-state index is 0.129. The van der Waals surface area contributed by atoms with Gasteiger partial charge in [0, 0.05) is 42.1 Å². The number of benzene rings is 1. The Morgan fingerprint density at radius 3 is 2.32 bits per heavy atom. The number of hydrogen-bond donors (Lipinski definition) is 1. The van der Waals surface area contributed by atoms with Gasteiger partial charge in [-0.25, -0.2) is 8.42 Å². The van der Waals surface area contributed by atoms with E-state index >= 15 is 0 Å². The molecule has 1 aromatic carbocycles. The fraction of sp³-hybridized carbons (Fsp3) is 0.600. The van der Waals surface area contributed by atoms with Crippen molar-refractivity contribution in [2.75, 3.05) is 26.3 Å². The first-order chi connectivity index (χ1) is 16.4. The summed E-state index contributed by atoms with van der Waals surface area (Å²) in [6, 6.07) is 6.37. The van der Waals surface area contributed by atoms with Crippen LogP contribution >= 0.6 is 0 Å². The van der Waals surface area contributed by atoms with Crippen LogP contribution in [0.2, 0.25) is 0 Å². The molecular weight excluding hydrogens is 454 g/mol. The molecule has 8 nitrogen and oxygen atoms in total. The molecule has 2 aliphatic carbocycles. The molecule has 3 aliphatic rings. The number of hydrogen-bond acceptors (Lipinski definition) is 5. The lowest BCUT2D eigenvalue weighted by Gasteiger charge is -2.37. The van der Waals surface area contributed by atoms with E-state index in [1.807, 2.05) is 4.90 Å². The molecule has 1 amide bonds. The highest BCUT2D eigenvalue weighted by Gasteiger charge is 2.39. The molecule has 1 aliphatic heterocycles. The average molecular weight is 488 g/mol. The van der Waals surface area contributed by atoms with E-state index < -0.39 is 10.0 Å². The molecule has 0 atom stereocenters. The van der Waals surface area contributed by atoms with E-state index in [2.05, 4.69) is 11.9 Å². The molecule has 1 saturated heterocycles. The van der Waals surface area contributed by atoms with Gasteiger partial charge >= 0.3 is 0 Å². The van der Waals surface area contributed by atoms with Gasteiger partial charge in [0.05, 0.1) is 23.7 Å². The summed E-state index contributed by atoms with van der Waals surface area (Å²) in [4.78, 5) is 31.2. The first-order valence-corrected chi connectivity index (χ1v) is 13.9. The number of carbonyl (C=O) groups excluding carboxylic acids is 1. The van der Waals surface area contributed by atoms with Gasteiger partial charge in [-0.15, -0.1) is 0 Å². The number of sulfonamides is 1. The lowest BCUT2D eigenvalue weighted by Crippen LogP contribution is -2.44. The third kappa shape index (κ3) is 4.53. The Hall–Kier alpha value is -2.23. The number of fused-ring (bicyclic) bond motifs is 1. The van der Waals surface area contributed by atoms with Crippen molar-refractivity contribution in [2.45, 2.75) is 68.8 Å². The molecular formula is C25H33N3O5S. The van der Waals surface area contributed by atoms with Crippen LogP contribution in [0.3, 0.4) is 0 Å². The Labute approximate surface area is 200 Å². The van der Waals surface area contributed by atoms with Gasteiger partial charge in [0.15, 0.2) is 0 Å². The van der Waals surface area contributed by atoms with E-state index in [4.69, 9.17) is 4.74 Å². The van der Waals surface area contributed by atoms with Crippen molar-refractivity contribution in [3.05, 3.63) is 40.2 Å². The van der Waals surface area contributed by atoms with Crippen LogP contribution in [0.15, 0.2) is 34.0 Å². The van der Waals surface area contributed by atoms with Crippen molar-refractivity contribution in [2.24, 2.45) is 5.92 Å². The molecule has 0 spiro atoms. The summed E-state index contributed by atoms with van der Waals surface area (Å²) in [6.07, 6.45) is 7.35. The average Bonchev–Trinajstić information content (AvgIpc) is 3.69. The van der Waals surface area contributed by atoms with Gasteiger partial charge < -0.3 is 14.6 Å². The highest BCUT2D eigenvalue weighted by Crippen LogP contribution is 2.37. The number of rotatable bonds is 6. The molecule has 0 bridgehead atoms. The van der Waals surface area contributed by atoms with Crippen molar-refractivity contribution >= 4 is 26.8 Å². The minimum Gasteiger partial charge on any atom is -0.379 e. The highest BCUT2D eigenvalue weighted by atomic mass is 32.2. The molecule has 5 rings (SSSR count). The van der Waals surface area contributed by atoms with Crippen LogP contribution in [0, 0.1) is 5.92 Å². The van der Waals surface area contributed by atoms with Crippen LogP contribution in [0.5, 0.6) is 0 Å². The number of pyridine rings is 1. The Balaban J connectivity index is 1.52. The monoisotopic (exact) mass is 487 g/mol. The summed E-state index contributed by atoms with van der Waals surface area (Å²) in [6.45, 7) is 3.54. The van der Waals surface area contributed by atoms with Crippen molar-refractivity contribution in [1.29, 1.82) is 0 Å². The zero-order valence-electron chi connectivity index (χ0n) is 19.7. The predicted octanol–water partition coefficient (Wildman–Crippen LogP) is 3.12. The van der Waals surface area contributed by atoms with Gasteiger partial charge in [-0.05, 0) is 62.6 Å². The SMILES string of the molecule is CCC1CCC(N(C(=O)c2cc(=O)[nH]c3ccc(S(=O)(=O)N4CCOCC4)cc23)C2CC2)CC1. The second kappa shape index (κ2) is 9.43. The number of nitrogens with zero attached hydrogens (tertiary/aromatic N) is 2. The van der Waals surface area contributed by atoms with E-state index in [0.717, 1.165) is 44.4 Å². The molecule has 2 heterocycles. The van der Waals surface area contributed by atoms with Crippen molar-refractivity contribution in [3.8, 4) is 0 Å². The first kappa shape index (κ1) is 23.5. The summed E-state index contributed by atoms with van der Waals surface area (Å²) in [5, 5.41) is 0.479. The van der Waals surface area contributed by atoms with Crippen molar-refractivity contribution < 1.29 is 17.9 Å². The first-order valence-electron chi connectivity index (χ1n) is 12.5. The number of amides is 1. The number of ether oxygens (including phenoxy) is 1. The third-order valence-electron chi connectivity index (χ3n) is 7.61. The van der Waals surface area contributed by atoms with E-state index in [-0.39, 0.29) is 28.4 Å². The molecule has 34 heavy (non-hydrogen) atoms. The zero-order chi connectivity index (χ0) is 23.9. The van der Waals surface area contributed by atoms with E-state index in [1.165, 1.54) is 22.9 Å². The molecule has 0 radical (unpaired) electrons. The minimum atomic E-state index is -3.72. The molecule has 0 unspecified atom stereocenters. The molecule has 3 fully saturated rings. The number of H-pyrrole nitrogens is 1. The Morgan fingerprint density at radius 1 is 1.06 bits per heavy atom. The van der Waals surface area contributed by atoms with Crippen molar-refractivity contribution in [3.63, 3.8) is 0 Å². The van der Waals surface area contributed by atoms with Gasteiger partial charge in [0.25, 0.3) is 5.91 Å². The molecule has 2 saturated carbocycles. The summed E-state index contributed by atoms with van der Waals surface area (Å²) in [5.74, 6) is 0.570. The maximum atomic E-state index is 13.9. The van der Waals surface area contributed by atoms with Crippen LogP contribution in [-0.4, -0.2) is 66.9 Å². The maximum absolute atomic E-state index is 13.9. The fourth-order valence-corrected chi connectivity index (χ4v) is 6.89. The van der Waals surface area contributed by atoms with Crippen LogP contribution in [0.25, 0.3) is 10.9 Å². The molecule has 9 heteroatoms. The molecule has 1 aromatic heterocycles. The topological polar surface area (TPSA) is 99.8 Å². The lowest BCUT2D eigenvalue weighted by atomic mass is 9.83. The smallest absolute Gasteiger partial charge is 0.255 e. The van der Waals surface area contributed by atoms with E-state index in [0.29, 0.717) is 42.8 Å². The van der Waals surface area contributed by atoms with Crippen molar-refractivity contribution in [1.82, 2.24) is 14.2 Å².